The minimum atomic E-state index is -0.141. The first-order valence-electron chi connectivity index (χ1n) is 9.05. The third-order valence-corrected chi connectivity index (χ3v) is 4.39. The van der Waals surface area contributed by atoms with Crippen LogP contribution in [0.4, 0.5) is 0 Å². The molecule has 7 heteroatoms. The van der Waals surface area contributed by atoms with E-state index in [1.165, 1.54) is 0 Å². The fourth-order valence-electron chi connectivity index (χ4n) is 2.68. The van der Waals surface area contributed by atoms with Crippen LogP contribution in [0.1, 0.15) is 31.9 Å². The molecule has 0 radical (unpaired) electrons. The lowest BCUT2D eigenvalue weighted by atomic mass is 10.1. The van der Waals surface area contributed by atoms with E-state index in [0.29, 0.717) is 29.9 Å². The molecule has 0 aliphatic carbocycles. The predicted molar refractivity (Wildman–Crippen MR) is 109 cm³/mol. The van der Waals surface area contributed by atoms with Crippen LogP contribution in [0.3, 0.4) is 0 Å². The van der Waals surface area contributed by atoms with Crippen LogP contribution in [-0.4, -0.2) is 32.3 Å². The molecule has 2 heterocycles. The van der Waals surface area contributed by atoms with Crippen molar-refractivity contribution in [2.24, 2.45) is 5.92 Å². The van der Waals surface area contributed by atoms with Gasteiger partial charge in [0.05, 0.1) is 19.3 Å². The number of rotatable bonds is 7. The van der Waals surface area contributed by atoms with Crippen molar-refractivity contribution in [2.45, 2.75) is 33.9 Å². The van der Waals surface area contributed by atoms with Crippen molar-refractivity contribution in [2.75, 3.05) is 6.61 Å². The maximum atomic E-state index is 12.8. The van der Waals surface area contributed by atoms with Gasteiger partial charge in [0.2, 0.25) is 0 Å². The molecular weight excluding hydrogens is 360 g/mol. The van der Waals surface area contributed by atoms with Crippen LogP contribution in [0.25, 0.3) is 6.08 Å². The summed E-state index contributed by atoms with van der Waals surface area (Å²) < 4.78 is 7.58. The molecule has 1 aromatic carbocycles. The summed E-state index contributed by atoms with van der Waals surface area (Å²) in [6, 6.07) is 7.68. The third kappa shape index (κ3) is 4.74. The molecule has 2 aromatic rings. The number of benzene rings is 1. The molecule has 3 rings (SSSR count). The van der Waals surface area contributed by atoms with Gasteiger partial charge in [-0.1, -0.05) is 26.0 Å². The van der Waals surface area contributed by atoms with Gasteiger partial charge in [-0.05, 0) is 48.8 Å². The van der Waals surface area contributed by atoms with Crippen LogP contribution < -0.4 is 10.1 Å². The van der Waals surface area contributed by atoms with Gasteiger partial charge in [0.1, 0.15) is 11.4 Å². The summed E-state index contributed by atoms with van der Waals surface area (Å²) in [6.45, 7) is 8.07. The van der Waals surface area contributed by atoms with Gasteiger partial charge in [0.25, 0.3) is 5.91 Å². The third-order valence-electron chi connectivity index (χ3n) is 4.07. The number of aromatic nitrogens is 2. The van der Waals surface area contributed by atoms with Gasteiger partial charge in [-0.2, -0.15) is 5.10 Å². The standard InChI is InChI=1S/C20H24N4O2S/c1-4-23-11-16(10-21-23)12-24-19(25)18(22-20(24)27)9-15-6-5-7-17(8-15)26-13-14(2)3/h5-11,14H,4,12-13H2,1-3H3,(H,22,27)/b18-9+. The van der Waals surface area contributed by atoms with Gasteiger partial charge in [0.15, 0.2) is 5.11 Å². The van der Waals surface area contributed by atoms with Crippen molar-refractivity contribution >= 4 is 29.3 Å². The first-order chi connectivity index (χ1) is 13.0. The summed E-state index contributed by atoms with van der Waals surface area (Å²) in [7, 11) is 0. The fraction of sp³-hybridized carbons (Fsp3) is 0.350. The molecule has 1 amide bonds. The van der Waals surface area contributed by atoms with E-state index in [9.17, 15) is 4.79 Å². The second-order valence-corrected chi connectivity index (χ2v) is 7.25. The lowest BCUT2D eigenvalue weighted by Crippen LogP contribution is -2.29. The number of thiocarbonyl (C=S) groups is 1. The summed E-state index contributed by atoms with van der Waals surface area (Å²) in [6.07, 6.45) is 5.48. The molecular formula is C20H24N4O2S. The van der Waals surface area contributed by atoms with Crippen molar-refractivity contribution in [1.29, 1.82) is 0 Å². The Morgan fingerprint density at radius 3 is 2.89 bits per heavy atom. The summed E-state index contributed by atoms with van der Waals surface area (Å²) >= 11 is 5.34. The van der Waals surface area contributed by atoms with E-state index in [-0.39, 0.29) is 5.91 Å². The summed E-state index contributed by atoms with van der Waals surface area (Å²) in [5.74, 6) is 1.10. The number of hydrogen-bond acceptors (Lipinski definition) is 4. The zero-order valence-corrected chi connectivity index (χ0v) is 16.6. The van der Waals surface area contributed by atoms with Crippen molar-refractivity contribution in [3.8, 4) is 5.75 Å². The van der Waals surface area contributed by atoms with E-state index in [0.717, 1.165) is 23.4 Å². The number of carbonyl (C=O) groups excluding carboxylic acids is 1. The lowest BCUT2D eigenvalue weighted by molar-refractivity contribution is -0.122. The summed E-state index contributed by atoms with van der Waals surface area (Å²) in [5, 5.41) is 7.66. The number of aryl methyl sites for hydroxylation is 1. The number of ether oxygens (including phenoxy) is 1. The van der Waals surface area contributed by atoms with Gasteiger partial charge in [-0.15, -0.1) is 0 Å². The molecule has 1 aliphatic heterocycles. The Morgan fingerprint density at radius 1 is 1.37 bits per heavy atom. The van der Waals surface area contributed by atoms with E-state index in [2.05, 4.69) is 24.3 Å². The van der Waals surface area contributed by atoms with Crippen LogP contribution in [0, 0.1) is 5.92 Å². The minimum absolute atomic E-state index is 0.141. The zero-order chi connectivity index (χ0) is 19.4. The molecule has 1 saturated heterocycles. The molecule has 0 saturated carbocycles. The molecule has 0 unspecified atom stereocenters. The molecule has 1 aliphatic rings. The Hall–Kier alpha value is -2.67. The van der Waals surface area contributed by atoms with Crippen molar-refractivity contribution in [3.05, 3.63) is 53.5 Å². The molecule has 6 nitrogen and oxygen atoms in total. The molecule has 0 atom stereocenters. The van der Waals surface area contributed by atoms with E-state index in [1.54, 1.807) is 17.2 Å². The number of hydrogen-bond donors (Lipinski definition) is 1. The van der Waals surface area contributed by atoms with E-state index < -0.39 is 0 Å². The Morgan fingerprint density at radius 2 is 2.19 bits per heavy atom. The average Bonchev–Trinajstić information content (AvgIpc) is 3.20. The highest BCUT2D eigenvalue weighted by Crippen LogP contribution is 2.20. The van der Waals surface area contributed by atoms with Gasteiger partial charge >= 0.3 is 0 Å². The highest BCUT2D eigenvalue weighted by molar-refractivity contribution is 7.80. The minimum Gasteiger partial charge on any atom is -0.493 e. The van der Waals surface area contributed by atoms with Crippen LogP contribution in [-0.2, 0) is 17.9 Å². The predicted octanol–water partition coefficient (Wildman–Crippen LogP) is 3.20. The second kappa shape index (κ2) is 8.35. The summed E-state index contributed by atoms with van der Waals surface area (Å²) in [5.41, 5.74) is 2.29. The van der Waals surface area contributed by atoms with Gasteiger partial charge < -0.3 is 10.1 Å². The second-order valence-electron chi connectivity index (χ2n) is 6.86. The SMILES string of the molecule is CCn1cc(CN2C(=O)/C(=C\c3cccc(OCC(C)C)c3)NC2=S)cn1. The van der Waals surface area contributed by atoms with Crippen molar-refractivity contribution < 1.29 is 9.53 Å². The molecule has 27 heavy (non-hydrogen) atoms. The Bertz CT molecular complexity index is 872. The zero-order valence-electron chi connectivity index (χ0n) is 15.8. The maximum absolute atomic E-state index is 12.8. The van der Waals surface area contributed by atoms with Gasteiger partial charge in [0, 0.05) is 18.3 Å². The molecule has 1 N–H and O–H groups in total. The lowest BCUT2D eigenvalue weighted by Gasteiger charge is -2.12. The topological polar surface area (TPSA) is 59.4 Å². The van der Waals surface area contributed by atoms with Crippen molar-refractivity contribution in [1.82, 2.24) is 20.0 Å². The fourth-order valence-corrected chi connectivity index (χ4v) is 2.94. The monoisotopic (exact) mass is 384 g/mol. The average molecular weight is 385 g/mol. The largest absolute Gasteiger partial charge is 0.493 e. The molecule has 0 bridgehead atoms. The van der Waals surface area contributed by atoms with Crippen LogP contribution >= 0.6 is 12.2 Å². The smallest absolute Gasteiger partial charge is 0.276 e. The van der Waals surface area contributed by atoms with E-state index >= 15 is 0 Å². The van der Waals surface area contributed by atoms with Gasteiger partial charge in [-0.25, -0.2) is 0 Å². The number of nitrogens with zero attached hydrogens (tertiary/aromatic N) is 3. The molecule has 0 spiro atoms. The first-order valence-corrected chi connectivity index (χ1v) is 9.46. The Balaban J connectivity index is 1.73. The highest BCUT2D eigenvalue weighted by Gasteiger charge is 2.30. The van der Waals surface area contributed by atoms with Gasteiger partial charge in [-0.3, -0.25) is 14.4 Å². The maximum Gasteiger partial charge on any atom is 0.276 e. The van der Waals surface area contributed by atoms with Crippen LogP contribution in [0.5, 0.6) is 5.75 Å². The van der Waals surface area contributed by atoms with Crippen LogP contribution in [0.15, 0.2) is 42.4 Å². The Labute approximate surface area is 164 Å². The first kappa shape index (κ1) is 19.1. The molecule has 1 aromatic heterocycles. The van der Waals surface area contributed by atoms with Crippen molar-refractivity contribution in [3.63, 3.8) is 0 Å². The van der Waals surface area contributed by atoms with E-state index in [1.807, 2.05) is 42.1 Å². The number of amides is 1. The van der Waals surface area contributed by atoms with E-state index in [4.69, 9.17) is 17.0 Å². The summed E-state index contributed by atoms with van der Waals surface area (Å²) in [4.78, 5) is 14.3. The quantitative estimate of drug-likeness (QED) is 0.587. The Kier molecular flexibility index (Phi) is 5.91. The molecule has 1 fully saturated rings. The molecule has 142 valence electrons. The normalized spacial score (nSPS) is 15.7. The van der Waals surface area contributed by atoms with Crippen LogP contribution in [0.2, 0.25) is 0 Å². The highest BCUT2D eigenvalue weighted by atomic mass is 32.1. The number of nitrogens with one attached hydrogen (secondary N) is 1. The number of carbonyl (C=O) groups is 1.